The first-order chi connectivity index (χ1) is 20.4. The number of thioether (sulfide) groups is 1. The lowest BCUT2D eigenvalue weighted by molar-refractivity contribution is -0.145. The third kappa shape index (κ3) is 9.28. The number of benzene rings is 1. The Morgan fingerprint density at radius 1 is 1.12 bits per heavy atom. The summed E-state index contributed by atoms with van der Waals surface area (Å²) in [6.07, 6.45) is -0.883. The van der Waals surface area contributed by atoms with Gasteiger partial charge >= 0.3 is 13.0 Å². The number of amides is 2. The molecule has 13 heteroatoms. The van der Waals surface area contributed by atoms with Gasteiger partial charge in [-0.1, -0.05) is 57.2 Å². The molecule has 11 nitrogen and oxygen atoms in total. The van der Waals surface area contributed by atoms with Crippen molar-refractivity contribution in [2.45, 2.75) is 58.2 Å². The minimum Gasteiger partial charge on any atom is -0.518 e. The molecule has 1 fully saturated rings. The number of aliphatic hydroxyl groups excluding tert-OH is 1. The third-order valence-electron chi connectivity index (χ3n) is 7.15. The SMILES string of the molecule is COC(=O)[C@H]1CSC[C@H](C)C(=O)OB([C@H](CC(C)C)NC(=O)[C@@H](NC(=O)c2cccc(-c3ccccc3)n2)[C@@H](C)O)N1C. The number of methoxy groups -OCH3 is 1. The highest BCUT2D eigenvalue weighted by Gasteiger charge is 2.45. The van der Waals surface area contributed by atoms with E-state index in [1.807, 2.05) is 44.2 Å². The van der Waals surface area contributed by atoms with E-state index in [4.69, 9.17) is 9.39 Å². The van der Waals surface area contributed by atoms with Crippen LogP contribution in [0.3, 0.4) is 0 Å². The molecule has 0 spiro atoms. The maximum atomic E-state index is 13.7. The van der Waals surface area contributed by atoms with Gasteiger partial charge in [0.1, 0.15) is 17.8 Å². The van der Waals surface area contributed by atoms with Crippen molar-refractivity contribution in [3.8, 4) is 11.3 Å². The smallest absolute Gasteiger partial charge is 0.475 e. The number of carbonyl (C=O) groups is 4. The van der Waals surface area contributed by atoms with E-state index in [2.05, 4.69) is 15.6 Å². The van der Waals surface area contributed by atoms with Crippen LogP contribution in [0.5, 0.6) is 0 Å². The lowest BCUT2D eigenvalue weighted by Crippen LogP contribution is -2.64. The molecule has 232 valence electrons. The Kier molecular flexibility index (Phi) is 12.6. The maximum Gasteiger partial charge on any atom is 0.475 e. The summed E-state index contributed by atoms with van der Waals surface area (Å²) in [4.78, 5) is 58.6. The van der Waals surface area contributed by atoms with Gasteiger partial charge in [-0.3, -0.25) is 24.0 Å². The summed E-state index contributed by atoms with van der Waals surface area (Å²) >= 11 is 1.45. The summed E-state index contributed by atoms with van der Waals surface area (Å²) in [5.74, 6) is -2.58. The Bertz CT molecular complexity index is 1270. The van der Waals surface area contributed by atoms with Gasteiger partial charge in [0, 0.05) is 17.1 Å². The fraction of sp³-hybridized carbons (Fsp3) is 0.500. The van der Waals surface area contributed by atoms with E-state index in [-0.39, 0.29) is 11.6 Å². The second-order valence-electron chi connectivity index (χ2n) is 11.2. The molecular formula is C30H41BN4O7S. The van der Waals surface area contributed by atoms with Crippen molar-refractivity contribution in [3.63, 3.8) is 0 Å². The van der Waals surface area contributed by atoms with Crippen LogP contribution in [0.15, 0.2) is 48.5 Å². The Morgan fingerprint density at radius 3 is 2.44 bits per heavy atom. The van der Waals surface area contributed by atoms with Crippen molar-refractivity contribution in [1.82, 2.24) is 20.4 Å². The monoisotopic (exact) mass is 612 g/mol. The van der Waals surface area contributed by atoms with E-state index in [0.717, 1.165) is 5.56 Å². The van der Waals surface area contributed by atoms with Crippen LogP contribution < -0.4 is 10.6 Å². The van der Waals surface area contributed by atoms with Crippen molar-refractivity contribution in [3.05, 3.63) is 54.2 Å². The van der Waals surface area contributed by atoms with Gasteiger partial charge in [0.2, 0.25) is 5.91 Å². The summed E-state index contributed by atoms with van der Waals surface area (Å²) < 4.78 is 10.9. The largest absolute Gasteiger partial charge is 0.518 e. The molecule has 1 aliphatic heterocycles. The number of esters is 1. The molecule has 3 N–H and O–H groups in total. The molecule has 0 saturated carbocycles. The summed E-state index contributed by atoms with van der Waals surface area (Å²) in [7, 11) is 1.93. The lowest BCUT2D eigenvalue weighted by Gasteiger charge is -2.35. The number of hydrogen-bond donors (Lipinski definition) is 3. The minimum atomic E-state index is -1.34. The Labute approximate surface area is 257 Å². The second kappa shape index (κ2) is 15.9. The highest BCUT2D eigenvalue weighted by Crippen LogP contribution is 2.22. The number of carbonyl (C=O) groups excluding carboxylic acids is 4. The van der Waals surface area contributed by atoms with Gasteiger partial charge < -0.3 is 25.1 Å². The molecule has 1 aromatic carbocycles. The molecule has 0 unspecified atom stereocenters. The van der Waals surface area contributed by atoms with Crippen LogP contribution in [-0.4, -0.2) is 95.5 Å². The topological polar surface area (TPSA) is 147 Å². The number of nitrogens with one attached hydrogen (secondary N) is 2. The van der Waals surface area contributed by atoms with Crippen LogP contribution in [0.4, 0.5) is 0 Å². The molecule has 2 heterocycles. The molecule has 2 aromatic rings. The molecule has 1 saturated heterocycles. The summed E-state index contributed by atoms with van der Waals surface area (Å²) in [6.45, 7) is 7.05. The van der Waals surface area contributed by atoms with Gasteiger partial charge in [-0.25, -0.2) is 4.98 Å². The van der Waals surface area contributed by atoms with Crippen molar-refractivity contribution < 1.29 is 33.7 Å². The van der Waals surface area contributed by atoms with Crippen molar-refractivity contribution in [2.75, 3.05) is 25.7 Å². The minimum absolute atomic E-state index is 0.0536. The van der Waals surface area contributed by atoms with Crippen molar-refractivity contribution in [1.29, 1.82) is 0 Å². The number of ether oxygens (including phenoxy) is 1. The highest BCUT2D eigenvalue weighted by molar-refractivity contribution is 7.99. The third-order valence-corrected chi connectivity index (χ3v) is 8.44. The molecule has 3 rings (SSSR count). The molecular weight excluding hydrogens is 571 g/mol. The molecule has 1 aliphatic rings. The summed E-state index contributed by atoms with van der Waals surface area (Å²) in [5.41, 5.74) is 1.49. The van der Waals surface area contributed by atoms with E-state index in [0.29, 0.717) is 23.6 Å². The molecule has 43 heavy (non-hydrogen) atoms. The zero-order valence-corrected chi connectivity index (χ0v) is 26.3. The van der Waals surface area contributed by atoms with Crippen molar-refractivity contribution >= 4 is 42.6 Å². The molecule has 2 amide bonds. The molecule has 0 radical (unpaired) electrons. The predicted molar refractivity (Wildman–Crippen MR) is 166 cm³/mol. The fourth-order valence-electron chi connectivity index (χ4n) is 4.75. The van der Waals surface area contributed by atoms with Gasteiger partial charge in [-0.2, -0.15) is 11.8 Å². The number of pyridine rings is 1. The van der Waals surface area contributed by atoms with Crippen LogP contribution in [0.25, 0.3) is 11.3 Å². The number of nitrogens with zero attached hydrogens (tertiary/aromatic N) is 2. The van der Waals surface area contributed by atoms with Gasteiger partial charge in [0.25, 0.3) is 11.9 Å². The van der Waals surface area contributed by atoms with Crippen LogP contribution in [0.1, 0.15) is 44.6 Å². The van der Waals surface area contributed by atoms with E-state index in [1.54, 1.807) is 30.9 Å². The predicted octanol–water partition coefficient (Wildman–Crippen LogP) is 2.19. The van der Waals surface area contributed by atoms with E-state index in [1.165, 1.54) is 31.9 Å². The normalized spacial score (nSPS) is 20.1. The molecule has 1 aromatic heterocycles. The van der Waals surface area contributed by atoms with Crippen LogP contribution in [0.2, 0.25) is 0 Å². The Balaban J connectivity index is 1.87. The average Bonchev–Trinajstić information content (AvgIpc) is 3.04. The zero-order chi connectivity index (χ0) is 31.7. The van der Waals surface area contributed by atoms with E-state index in [9.17, 15) is 24.3 Å². The summed E-state index contributed by atoms with van der Waals surface area (Å²) in [6, 6.07) is 12.3. The van der Waals surface area contributed by atoms with E-state index < -0.39 is 60.9 Å². The molecule has 0 aliphatic carbocycles. The highest BCUT2D eigenvalue weighted by atomic mass is 32.2. The van der Waals surface area contributed by atoms with E-state index >= 15 is 0 Å². The molecule has 0 bridgehead atoms. The number of hydrogen-bond acceptors (Lipinski definition) is 10. The first-order valence-electron chi connectivity index (χ1n) is 14.3. The number of rotatable bonds is 10. The van der Waals surface area contributed by atoms with Gasteiger partial charge in [-0.15, -0.1) is 0 Å². The van der Waals surface area contributed by atoms with Crippen LogP contribution >= 0.6 is 11.8 Å². The number of aliphatic hydroxyl groups is 1. The first kappa shape index (κ1) is 34.1. The summed E-state index contributed by atoms with van der Waals surface area (Å²) in [5, 5.41) is 16.1. The standard InChI is InChI=1S/C30H41BN4O7S/c1-18(2)15-25(31-35(5)24(30(40)41-6)17-43-16-19(3)29(39)42-31)33-28(38)26(20(4)36)34-27(37)23-14-10-13-22(32-23)21-11-8-7-9-12-21/h7-14,18-20,24-26,36H,15-17H2,1-6H3,(H,33,38)(H,34,37)/t19-,20+,24+,25-,26-/m0/s1. The van der Waals surface area contributed by atoms with Gasteiger partial charge in [0.05, 0.1) is 30.8 Å². The maximum absolute atomic E-state index is 13.7. The zero-order valence-electron chi connectivity index (χ0n) is 25.5. The fourth-order valence-corrected chi connectivity index (χ4v) is 5.97. The molecule has 5 atom stereocenters. The number of aromatic nitrogens is 1. The van der Waals surface area contributed by atoms with Gasteiger partial charge in [-0.05, 0) is 38.4 Å². The number of likely N-dealkylation sites (N-methyl/N-ethyl adjacent to an activating group) is 1. The Hall–Kier alpha value is -3.42. The average molecular weight is 613 g/mol. The van der Waals surface area contributed by atoms with Crippen LogP contribution in [-0.2, 0) is 23.8 Å². The first-order valence-corrected chi connectivity index (χ1v) is 15.5. The van der Waals surface area contributed by atoms with Crippen molar-refractivity contribution in [2.24, 2.45) is 11.8 Å². The second-order valence-corrected chi connectivity index (χ2v) is 12.3. The Morgan fingerprint density at radius 2 is 1.81 bits per heavy atom. The lowest BCUT2D eigenvalue weighted by atomic mass is 9.66. The van der Waals surface area contributed by atoms with Gasteiger partial charge in [0.15, 0.2) is 0 Å². The van der Waals surface area contributed by atoms with Crippen LogP contribution in [0, 0.1) is 11.8 Å². The quantitative estimate of drug-likeness (QED) is 0.270.